The van der Waals surface area contributed by atoms with E-state index in [1.54, 1.807) is 0 Å². The van der Waals surface area contributed by atoms with Gasteiger partial charge in [0.15, 0.2) is 0 Å². The highest BCUT2D eigenvalue weighted by atomic mass is 16.6. The van der Waals surface area contributed by atoms with E-state index < -0.39 is 12.2 Å². The van der Waals surface area contributed by atoms with Crippen molar-refractivity contribution in [2.45, 2.75) is 24.4 Å². The molecular formula is C6H10O4. The Morgan fingerprint density at radius 3 is 2.60 bits per heavy atom. The average molecular weight is 146 g/mol. The van der Waals surface area contributed by atoms with Gasteiger partial charge in [-0.05, 0) is 0 Å². The summed E-state index contributed by atoms with van der Waals surface area (Å²) in [5.41, 5.74) is 0. The van der Waals surface area contributed by atoms with Crippen molar-refractivity contribution in [2.75, 3.05) is 13.2 Å². The minimum atomic E-state index is -0.635. The third-order valence-electron chi connectivity index (χ3n) is 2.07. The van der Waals surface area contributed by atoms with Crippen molar-refractivity contribution in [3.8, 4) is 0 Å². The SMILES string of the molecule is OC[C@H]1O[C@H]2CO[C@H]2[C@@H]1O. The zero-order valence-corrected chi connectivity index (χ0v) is 5.43. The summed E-state index contributed by atoms with van der Waals surface area (Å²) in [5.74, 6) is 0. The van der Waals surface area contributed by atoms with Crippen LogP contribution in [0.15, 0.2) is 0 Å². The first-order valence-corrected chi connectivity index (χ1v) is 3.39. The van der Waals surface area contributed by atoms with Crippen LogP contribution in [0.1, 0.15) is 0 Å². The van der Waals surface area contributed by atoms with E-state index >= 15 is 0 Å². The van der Waals surface area contributed by atoms with Crippen molar-refractivity contribution < 1.29 is 19.7 Å². The molecule has 0 bridgehead atoms. The summed E-state index contributed by atoms with van der Waals surface area (Å²) in [6.45, 7) is 0.426. The third kappa shape index (κ3) is 0.703. The summed E-state index contributed by atoms with van der Waals surface area (Å²) in [6.07, 6.45) is -1.23. The molecule has 0 radical (unpaired) electrons. The standard InChI is InChI=1S/C6H10O4/c7-1-3-5(8)6-4(10-3)2-9-6/h3-8H,1-2H2/t3-,4+,5-,6-/m1/s1. The van der Waals surface area contributed by atoms with Crippen LogP contribution in [0.2, 0.25) is 0 Å². The number of hydrogen-bond donors (Lipinski definition) is 2. The molecular weight excluding hydrogens is 136 g/mol. The number of aliphatic hydroxyl groups excluding tert-OH is 2. The lowest BCUT2D eigenvalue weighted by atomic mass is 10.0. The fourth-order valence-electron chi connectivity index (χ4n) is 1.39. The molecule has 0 aromatic carbocycles. The van der Waals surface area contributed by atoms with Gasteiger partial charge in [-0.1, -0.05) is 0 Å². The molecule has 2 heterocycles. The first kappa shape index (κ1) is 6.54. The molecule has 2 aliphatic rings. The summed E-state index contributed by atoms with van der Waals surface area (Å²) in [6, 6.07) is 0. The van der Waals surface area contributed by atoms with E-state index in [-0.39, 0.29) is 18.8 Å². The lowest BCUT2D eigenvalue weighted by molar-refractivity contribution is -0.154. The van der Waals surface area contributed by atoms with Gasteiger partial charge < -0.3 is 19.7 Å². The molecule has 4 atom stereocenters. The van der Waals surface area contributed by atoms with E-state index in [1.807, 2.05) is 0 Å². The highest BCUT2D eigenvalue weighted by molar-refractivity contribution is 4.96. The second kappa shape index (κ2) is 2.17. The van der Waals surface area contributed by atoms with Crippen LogP contribution in [0.3, 0.4) is 0 Å². The zero-order chi connectivity index (χ0) is 7.14. The van der Waals surface area contributed by atoms with Crippen LogP contribution < -0.4 is 0 Å². The van der Waals surface area contributed by atoms with Gasteiger partial charge in [0.05, 0.1) is 13.2 Å². The predicted octanol–water partition coefficient (Wildman–Crippen LogP) is -1.49. The zero-order valence-electron chi connectivity index (χ0n) is 5.43. The normalized spacial score (nSPS) is 52.2. The summed E-state index contributed by atoms with van der Waals surface area (Å²) in [4.78, 5) is 0. The molecule has 2 fully saturated rings. The second-order valence-electron chi connectivity index (χ2n) is 2.68. The van der Waals surface area contributed by atoms with E-state index in [0.717, 1.165) is 0 Å². The monoisotopic (exact) mass is 146 g/mol. The van der Waals surface area contributed by atoms with Crippen LogP contribution in [0, 0.1) is 0 Å². The molecule has 4 nitrogen and oxygen atoms in total. The van der Waals surface area contributed by atoms with E-state index in [1.165, 1.54) is 0 Å². The fourth-order valence-corrected chi connectivity index (χ4v) is 1.39. The number of fused-ring (bicyclic) bond motifs is 1. The lowest BCUT2D eigenvalue weighted by Gasteiger charge is -2.30. The van der Waals surface area contributed by atoms with Crippen molar-refractivity contribution in [3.05, 3.63) is 0 Å². The first-order valence-electron chi connectivity index (χ1n) is 3.39. The number of rotatable bonds is 1. The molecule has 0 spiro atoms. The first-order chi connectivity index (χ1) is 4.83. The Morgan fingerprint density at radius 2 is 2.30 bits per heavy atom. The van der Waals surface area contributed by atoms with Gasteiger partial charge in [0.1, 0.15) is 24.4 Å². The maximum absolute atomic E-state index is 9.27. The summed E-state index contributed by atoms with van der Waals surface area (Å²) >= 11 is 0. The van der Waals surface area contributed by atoms with Gasteiger partial charge in [0.25, 0.3) is 0 Å². The smallest absolute Gasteiger partial charge is 0.114 e. The van der Waals surface area contributed by atoms with E-state index in [2.05, 4.69) is 0 Å². The van der Waals surface area contributed by atoms with E-state index in [0.29, 0.717) is 6.61 Å². The molecule has 4 heteroatoms. The molecule has 10 heavy (non-hydrogen) atoms. The molecule has 2 rings (SSSR count). The van der Waals surface area contributed by atoms with Crippen LogP contribution in [0.25, 0.3) is 0 Å². The molecule has 0 amide bonds. The van der Waals surface area contributed by atoms with Crippen LogP contribution in [-0.2, 0) is 9.47 Å². The Kier molecular flexibility index (Phi) is 1.42. The number of hydrogen-bond acceptors (Lipinski definition) is 4. The van der Waals surface area contributed by atoms with Gasteiger partial charge in [0, 0.05) is 0 Å². The molecule has 0 unspecified atom stereocenters. The number of ether oxygens (including phenoxy) is 2. The Hall–Kier alpha value is -0.160. The van der Waals surface area contributed by atoms with E-state index in [9.17, 15) is 5.11 Å². The summed E-state index contributed by atoms with van der Waals surface area (Å²) < 4.78 is 10.2. The molecule has 2 aliphatic heterocycles. The molecule has 0 aromatic rings. The van der Waals surface area contributed by atoms with Crippen LogP contribution >= 0.6 is 0 Å². The topological polar surface area (TPSA) is 58.9 Å². The second-order valence-corrected chi connectivity index (χ2v) is 2.68. The van der Waals surface area contributed by atoms with Crippen molar-refractivity contribution in [2.24, 2.45) is 0 Å². The summed E-state index contributed by atoms with van der Waals surface area (Å²) in [5, 5.41) is 17.9. The van der Waals surface area contributed by atoms with Gasteiger partial charge >= 0.3 is 0 Å². The van der Waals surface area contributed by atoms with Crippen LogP contribution in [0.4, 0.5) is 0 Å². The molecule has 2 N–H and O–H groups in total. The molecule has 0 aromatic heterocycles. The fraction of sp³-hybridized carbons (Fsp3) is 1.00. The summed E-state index contributed by atoms with van der Waals surface area (Å²) in [7, 11) is 0. The van der Waals surface area contributed by atoms with Crippen molar-refractivity contribution in [1.29, 1.82) is 0 Å². The highest BCUT2D eigenvalue weighted by Crippen LogP contribution is 2.30. The van der Waals surface area contributed by atoms with Crippen LogP contribution in [0.5, 0.6) is 0 Å². The minimum absolute atomic E-state index is 0.0205. The lowest BCUT2D eigenvalue weighted by Crippen LogP contribution is -2.47. The Labute approximate surface area is 58.4 Å². The van der Waals surface area contributed by atoms with Gasteiger partial charge in [-0.15, -0.1) is 0 Å². The Balaban J connectivity index is 2.02. The molecule has 58 valence electrons. The van der Waals surface area contributed by atoms with Crippen LogP contribution in [-0.4, -0.2) is 47.8 Å². The predicted molar refractivity (Wildman–Crippen MR) is 31.5 cm³/mol. The quantitative estimate of drug-likeness (QED) is 0.473. The average Bonchev–Trinajstić information content (AvgIpc) is 2.05. The van der Waals surface area contributed by atoms with Crippen molar-refractivity contribution in [1.82, 2.24) is 0 Å². The van der Waals surface area contributed by atoms with Crippen molar-refractivity contribution in [3.63, 3.8) is 0 Å². The molecule has 2 saturated heterocycles. The van der Waals surface area contributed by atoms with Gasteiger partial charge in [0.2, 0.25) is 0 Å². The maximum Gasteiger partial charge on any atom is 0.114 e. The largest absolute Gasteiger partial charge is 0.394 e. The maximum atomic E-state index is 9.27. The van der Waals surface area contributed by atoms with Gasteiger partial charge in [-0.2, -0.15) is 0 Å². The van der Waals surface area contributed by atoms with E-state index in [4.69, 9.17) is 14.6 Å². The van der Waals surface area contributed by atoms with Gasteiger partial charge in [-0.3, -0.25) is 0 Å². The molecule has 0 aliphatic carbocycles. The van der Waals surface area contributed by atoms with Gasteiger partial charge in [-0.25, -0.2) is 0 Å². The third-order valence-corrected chi connectivity index (χ3v) is 2.07. The highest BCUT2D eigenvalue weighted by Gasteiger charge is 2.49. The number of aliphatic hydroxyl groups is 2. The molecule has 0 saturated carbocycles. The van der Waals surface area contributed by atoms with Crippen molar-refractivity contribution >= 4 is 0 Å². The Morgan fingerprint density at radius 1 is 1.50 bits per heavy atom. The Bertz CT molecular complexity index is 138. The minimum Gasteiger partial charge on any atom is -0.394 e.